The summed E-state index contributed by atoms with van der Waals surface area (Å²) in [6, 6.07) is 20.1. The minimum absolute atomic E-state index is 0.0915. The predicted molar refractivity (Wildman–Crippen MR) is 100 cm³/mol. The fourth-order valence-electron chi connectivity index (χ4n) is 2.64. The maximum atomic E-state index is 11.2. The number of rotatable bonds is 4. The SMILES string of the molecule is COC(=O)COc1ccc2cc(-c3nc4ccccc4s3)ccc2c1. The van der Waals surface area contributed by atoms with Gasteiger partial charge in [-0.05, 0) is 41.1 Å². The van der Waals surface area contributed by atoms with Gasteiger partial charge in [0.05, 0.1) is 17.3 Å². The Morgan fingerprint density at radius 2 is 1.84 bits per heavy atom. The first-order chi connectivity index (χ1) is 12.2. The Labute approximate surface area is 148 Å². The van der Waals surface area contributed by atoms with Crippen LogP contribution in [0.15, 0.2) is 60.7 Å². The van der Waals surface area contributed by atoms with Crippen LogP contribution in [0.1, 0.15) is 0 Å². The molecule has 0 aliphatic heterocycles. The number of thiazole rings is 1. The van der Waals surface area contributed by atoms with Gasteiger partial charge in [0.25, 0.3) is 0 Å². The van der Waals surface area contributed by atoms with E-state index in [1.807, 2.05) is 42.5 Å². The summed E-state index contributed by atoms with van der Waals surface area (Å²) < 4.78 is 11.2. The van der Waals surface area contributed by atoms with Crippen LogP contribution < -0.4 is 4.74 Å². The molecule has 0 saturated heterocycles. The van der Waals surface area contributed by atoms with Crippen molar-refractivity contribution >= 4 is 38.3 Å². The maximum absolute atomic E-state index is 11.2. The molecule has 0 bridgehead atoms. The Morgan fingerprint density at radius 3 is 2.68 bits per heavy atom. The maximum Gasteiger partial charge on any atom is 0.343 e. The molecule has 3 aromatic carbocycles. The number of ether oxygens (including phenoxy) is 2. The molecule has 0 spiro atoms. The lowest BCUT2D eigenvalue weighted by Gasteiger charge is -2.07. The van der Waals surface area contributed by atoms with E-state index in [0.717, 1.165) is 26.9 Å². The molecule has 1 aromatic heterocycles. The highest BCUT2D eigenvalue weighted by atomic mass is 32.1. The van der Waals surface area contributed by atoms with Gasteiger partial charge in [0.1, 0.15) is 10.8 Å². The van der Waals surface area contributed by atoms with E-state index < -0.39 is 5.97 Å². The Balaban J connectivity index is 1.65. The number of benzene rings is 3. The molecule has 0 amide bonds. The van der Waals surface area contributed by atoms with Crippen molar-refractivity contribution in [1.29, 1.82) is 0 Å². The number of aromatic nitrogens is 1. The molecule has 0 radical (unpaired) electrons. The van der Waals surface area contributed by atoms with Crippen LogP contribution in [0, 0.1) is 0 Å². The second kappa shape index (κ2) is 6.53. The number of methoxy groups -OCH3 is 1. The number of hydrogen-bond acceptors (Lipinski definition) is 5. The van der Waals surface area contributed by atoms with E-state index in [1.165, 1.54) is 11.8 Å². The molecule has 0 unspecified atom stereocenters. The van der Waals surface area contributed by atoms with Gasteiger partial charge in [0.2, 0.25) is 0 Å². The quantitative estimate of drug-likeness (QED) is 0.503. The fraction of sp³-hybridized carbons (Fsp3) is 0.100. The summed E-state index contributed by atoms with van der Waals surface area (Å²) in [5.41, 5.74) is 2.12. The van der Waals surface area contributed by atoms with E-state index in [2.05, 4.69) is 22.9 Å². The highest BCUT2D eigenvalue weighted by Crippen LogP contribution is 2.32. The normalized spacial score (nSPS) is 10.9. The van der Waals surface area contributed by atoms with Gasteiger partial charge >= 0.3 is 5.97 Å². The van der Waals surface area contributed by atoms with Crippen LogP contribution in [-0.4, -0.2) is 24.7 Å². The third-order valence-electron chi connectivity index (χ3n) is 3.94. The van der Waals surface area contributed by atoms with Gasteiger partial charge in [0.15, 0.2) is 6.61 Å². The van der Waals surface area contributed by atoms with E-state index in [0.29, 0.717) is 5.75 Å². The minimum atomic E-state index is -0.397. The Kier molecular flexibility index (Phi) is 4.07. The lowest BCUT2D eigenvalue weighted by Crippen LogP contribution is -2.12. The molecule has 4 rings (SSSR count). The monoisotopic (exact) mass is 349 g/mol. The first kappa shape index (κ1) is 15.6. The third-order valence-corrected chi connectivity index (χ3v) is 5.02. The number of fused-ring (bicyclic) bond motifs is 2. The predicted octanol–water partition coefficient (Wildman–Crippen LogP) is 4.67. The lowest BCUT2D eigenvalue weighted by molar-refractivity contribution is -0.142. The van der Waals surface area contributed by atoms with Crippen LogP contribution in [0.4, 0.5) is 0 Å². The van der Waals surface area contributed by atoms with E-state index in [4.69, 9.17) is 9.72 Å². The zero-order chi connectivity index (χ0) is 17.2. The molecule has 4 nitrogen and oxygen atoms in total. The van der Waals surface area contributed by atoms with Gasteiger partial charge in [-0.25, -0.2) is 9.78 Å². The van der Waals surface area contributed by atoms with Crippen molar-refractivity contribution in [1.82, 2.24) is 4.98 Å². The molecule has 1 heterocycles. The van der Waals surface area contributed by atoms with Gasteiger partial charge < -0.3 is 9.47 Å². The minimum Gasteiger partial charge on any atom is -0.482 e. The molecule has 0 N–H and O–H groups in total. The van der Waals surface area contributed by atoms with Crippen molar-refractivity contribution in [3.8, 4) is 16.3 Å². The molecule has 0 aliphatic carbocycles. The van der Waals surface area contributed by atoms with E-state index in [1.54, 1.807) is 11.3 Å². The molecule has 124 valence electrons. The van der Waals surface area contributed by atoms with Crippen molar-refractivity contribution in [3.05, 3.63) is 60.7 Å². The molecular formula is C20H15NO3S. The van der Waals surface area contributed by atoms with E-state index in [9.17, 15) is 4.79 Å². The molecule has 0 aliphatic rings. The molecular weight excluding hydrogens is 334 g/mol. The smallest absolute Gasteiger partial charge is 0.343 e. The van der Waals surface area contributed by atoms with Crippen LogP contribution in [0.25, 0.3) is 31.6 Å². The second-order valence-corrected chi connectivity index (χ2v) is 6.61. The number of esters is 1. The Bertz CT molecular complexity index is 1040. The van der Waals surface area contributed by atoms with Crippen LogP contribution in [0.3, 0.4) is 0 Å². The van der Waals surface area contributed by atoms with E-state index in [-0.39, 0.29) is 6.61 Å². The second-order valence-electron chi connectivity index (χ2n) is 5.58. The first-order valence-electron chi connectivity index (χ1n) is 7.82. The number of nitrogens with zero attached hydrogens (tertiary/aromatic N) is 1. The van der Waals surface area contributed by atoms with E-state index >= 15 is 0 Å². The Morgan fingerprint density at radius 1 is 1.04 bits per heavy atom. The molecule has 0 fully saturated rings. The average Bonchev–Trinajstić information content (AvgIpc) is 3.09. The fourth-order valence-corrected chi connectivity index (χ4v) is 3.61. The van der Waals surface area contributed by atoms with Gasteiger partial charge in [-0.1, -0.05) is 30.3 Å². The number of para-hydroxylation sites is 1. The molecule has 4 aromatic rings. The van der Waals surface area contributed by atoms with Crippen LogP contribution in [-0.2, 0) is 9.53 Å². The van der Waals surface area contributed by atoms with Gasteiger partial charge in [-0.3, -0.25) is 0 Å². The molecule has 5 heteroatoms. The average molecular weight is 349 g/mol. The molecule has 0 atom stereocenters. The summed E-state index contributed by atoms with van der Waals surface area (Å²) in [7, 11) is 1.34. The van der Waals surface area contributed by atoms with Crippen molar-refractivity contribution in [2.45, 2.75) is 0 Å². The van der Waals surface area contributed by atoms with Crippen molar-refractivity contribution in [2.75, 3.05) is 13.7 Å². The van der Waals surface area contributed by atoms with Crippen LogP contribution >= 0.6 is 11.3 Å². The van der Waals surface area contributed by atoms with Crippen molar-refractivity contribution in [2.24, 2.45) is 0 Å². The Hall–Kier alpha value is -2.92. The number of carbonyl (C=O) groups is 1. The highest BCUT2D eigenvalue weighted by Gasteiger charge is 2.08. The summed E-state index contributed by atoms with van der Waals surface area (Å²) in [4.78, 5) is 15.9. The zero-order valence-corrected chi connectivity index (χ0v) is 14.4. The highest BCUT2D eigenvalue weighted by molar-refractivity contribution is 7.21. The van der Waals surface area contributed by atoms with Crippen LogP contribution in [0.5, 0.6) is 5.75 Å². The van der Waals surface area contributed by atoms with Gasteiger partial charge in [-0.2, -0.15) is 0 Å². The summed E-state index contributed by atoms with van der Waals surface area (Å²) in [6.07, 6.45) is 0. The zero-order valence-electron chi connectivity index (χ0n) is 13.6. The summed E-state index contributed by atoms with van der Waals surface area (Å²) >= 11 is 1.69. The molecule has 25 heavy (non-hydrogen) atoms. The van der Waals surface area contributed by atoms with Gasteiger partial charge in [-0.15, -0.1) is 11.3 Å². The summed E-state index contributed by atoms with van der Waals surface area (Å²) in [6.45, 7) is -0.0915. The van der Waals surface area contributed by atoms with Gasteiger partial charge in [0, 0.05) is 5.56 Å². The van der Waals surface area contributed by atoms with Crippen LogP contribution in [0.2, 0.25) is 0 Å². The lowest BCUT2D eigenvalue weighted by atomic mass is 10.1. The number of carbonyl (C=O) groups excluding carboxylic acids is 1. The summed E-state index contributed by atoms with van der Waals surface area (Å²) in [5.74, 6) is 0.247. The largest absolute Gasteiger partial charge is 0.482 e. The van der Waals surface area contributed by atoms with Crippen molar-refractivity contribution < 1.29 is 14.3 Å². The third kappa shape index (κ3) is 3.19. The first-order valence-corrected chi connectivity index (χ1v) is 8.64. The summed E-state index contributed by atoms with van der Waals surface area (Å²) in [5, 5.41) is 3.16. The number of hydrogen-bond donors (Lipinski definition) is 0. The molecule has 0 saturated carbocycles. The topological polar surface area (TPSA) is 48.4 Å². The van der Waals surface area contributed by atoms with Crippen molar-refractivity contribution in [3.63, 3.8) is 0 Å². The standard InChI is InChI=1S/C20H15NO3S/c1-23-19(22)12-24-16-9-8-13-10-15(7-6-14(13)11-16)20-21-17-4-2-3-5-18(17)25-20/h2-11H,12H2,1H3.